The highest BCUT2D eigenvalue weighted by molar-refractivity contribution is 5.76. The second kappa shape index (κ2) is 3.46. The first-order valence-electron chi connectivity index (χ1n) is 4.81. The van der Waals surface area contributed by atoms with Crippen LogP contribution in [0, 0.1) is 11.3 Å². The SMILES string of the molecule is CC(C)C1(C)CCCNC(=O)C1. The zero-order valence-electron chi connectivity index (χ0n) is 8.31. The molecule has 1 rings (SSSR count). The number of carbonyl (C=O) groups is 1. The van der Waals surface area contributed by atoms with Crippen LogP contribution in [0.1, 0.15) is 40.0 Å². The summed E-state index contributed by atoms with van der Waals surface area (Å²) in [5.74, 6) is 0.824. The first-order chi connectivity index (χ1) is 5.54. The van der Waals surface area contributed by atoms with E-state index >= 15 is 0 Å². The second-order valence-corrected chi connectivity index (χ2v) is 4.44. The molecule has 2 heteroatoms. The van der Waals surface area contributed by atoms with Gasteiger partial charge in [0, 0.05) is 13.0 Å². The Labute approximate surface area is 74.7 Å². The Morgan fingerprint density at radius 1 is 1.50 bits per heavy atom. The summed E-state index contributed by atoms with van der Waals surface area (Å²) in [7, 11) is 0. The van der Waals surface area contributed by atoms with Crippen LogP contribution in [-0.4, -0.2) is 12.5 Å². The van der Waals surface area contributed by atoms with Gasteiger partial charge < -0.3 is 5.32 Å². The third-order valence-corrected chi connectivity index (χ3v) is 3.21. The van der Waals surface area contributed by atoms with Gasteiger partial charge in [-0.05, 0) is 24.2 Å². The first-order valence-corrected chi connectivity index (χ1v) is 4.81. The first kappa shape index (κ1) is 9.56. The van der Waals surface area contributed by atoms with Crippen LogP contribution in [0.15, 0.2) is 0 Å². The van der Waals surface area contributed by atoms with E-state index in [-0.39, 0.29) is 11.3 Å². The summed E-state index contributed by atoms with van der Waals surface area (Å²) in [6.45, 7) is 7.50. The molecule has 1 unspecified atom stereocenters. The molecule has 12 heavy (non-hydrogen) atoms. The predicted molar refractivity (Wildman–Crippen MR) is 49.8 cm³/mol. The Kier molecular flexibility index (Phi) is 2.76. The summed E-state index contributed by atoms with van der Waals surface area (Å²) < 4.78 is 0. The lowest BCUT2D eigenvalue weighted by Gasteiger charge is -2.31. The van der Waals surface area contributed by atoms with Crippen LogP contribution in [0.5, 0.6) is 0 Å². The van der Waals surface area contributed by atoms with E-state index in [0.717, 1.165) is 13.0 Å². The zero-order valence-corrected chi connectivity index (χ0v) is 8.31. The lowest BCUT2D eigenvalue weighted by molar-refractivity contribution is -0.123. The molecule has 1 aliphatic rings. The standard InChI is InChI=1S/C10H19NO/c1-8(2)10(3)5-4-6-11-9(12)7-10/h8H,4-7H2,1-3H3,(H,11,12). The maximum absolute atomic E-state index is 11.3. The highest BCUT2D eigenvalue weighted by Gasteiger charge is 2.32. The van der Waals surface area contributed by atoms with Crippen LogP contribution in [0.2, 0.25) is 0 Å². The van der Waals surface area contributed by atoms with Crippen LogP contribution in [-0.2, 0) is 4.79 Å². The minimum absolute atomic E-state index is 0.223. The van der Waals surface area contributed by atoms with Crippen molar-refractivity contribution in [2.75, 3.05) is 6.54 Å². The van der Waals surface area contributed by atoms with E-state index in [1.54, 1.807) is 0 Å². The average molecular weight is 169 g/mol. The lowest BCUT2D eigenvalue weighted by Crippen LogP contribution is -2.29. The number of nitrogens with one attached hydrogen (secondary N) is 1. The molecule has 70 valence electrons. The van der Waals surface area contributed by atoms with Gasteiger partial charge in [-0.2, -0.15) is 0 Å². The molecule has 0 saturated carbocycles. The molecule has 0 spiro atoms. The van der Waals surface area contributed by atoms with Gasteiger partial charge in [0.15, 0.2) is 0 Å². The van der Waals surface area contributed by atoms with Gasteiger partial charge >= 0.3 is 0 Å². The topological polar surface area (TPSA) is 29.1 Å². The monoisotopic (exact) mass is 169 g/mol. The van der Waals surface area contributed by atoms with E-state index in [1.807, 2.05) is 0 Å². The minimum atomic E-state index is 0.223. The van der Waals surface area contributed by atoms with Crippen molar-refractivity contribution in [2.45, 2.75) is 40.0 Å². The second-order valence-electron chi connectivity index (χ2n) is 4.44. The van der Waals surface area contributed by atoms with Crippen LogP contribution in [0.25, 0.3) is 0 Å². The molecule has 1 atom stereocenters. The third kappa shape index (κ3) is 1.99. The average Bonchev–Trinajstić information content (AvgIpc) is 2.12. The van der Waals surface area contributed by atoms with Crippen molar-refractivity contribution in [3.8, 4) is 0 Å². The molecule has 1 amide bonds. The fourth-order valence-electron chi connectivity index (χ4n) is 1.73. The molecule has 1 fully saturated rings. The summed E-state index contributed by atoms with van der Waals surface area (Å²) >= 11 is 0. The van der Waals surface area contributed by atoms with Crippen molar-refractivity contribution in [1.29, 1.82) is 0 Å². The summed E-state index contributed by atoms with van der Waals surface area (Å²) in [6.07, 6.45) is 2.99. The van der Waals surface area contributed by atoms with Gasteiger partial charge in [-0.3, -0.25) is 4.79 Å². The molecular weight excluding hydrogens is 150 g/mol. The predicted octanol–water partition coefficient (Wildman–Crippen LogP) is 1.95. The van der Waals surface area contributed by atoms with E-state index in [4.69, 9.17) is 0 Å². The molecule has 2 nitrogen and oxygen atoms in total. The Bertz CT molecular complexity index is 177. The maximum Gasteiger partial charge on any atom is 0.220 e. The number of rotatable bonds is 1. The van der Waals surface area contributed by atoms with Crippen molar-refractivity contribution in [1.82, 2.24) is 5.32 Å². The maximum atomic E-state index is 11.3. The fourth-order valence-corrected chi connectivity index (χ4v) is 1.73. The van der Waals surface area contributed by atoms with E-state index in [9.17, 15) is 4.79 Å². The minimum Gasteiger partial charge on any atom is -0.356 e. The van der Waals surface area contributed by atoms with Gasteiger partial charge in [-0.25, -0.2) is 0 Å². The van der Waals surface area contributed by atoms with Crippen LogP contribution in [0.4, 0.5) is 0 Å². The Hall–Kier alpha value is -0.530. The molecular formula is C10H19NO. The summed E-state index contributed by atoms with van der Waals surface area (Å²) in [6, 6.07) is 0. The third-order valence-electron chi connectivity index (χ3n) is 3.21. The van der Waals surface area contributed by atoms with Gasteiger partial charge in [0.2, 0.25) is 5.91 Å². The highest BCUT2D eigenvalue weighted by atomic mass is 16.1. The summed E-state index contributed by atoms with van der Waals surface area (Å²) in [4.78, 5) is 11.3. The van der Waals surface area contributed by atoms with Crippen LogP contribution in [0.3, 0.4) is 0 Å². The Morgan fingerprint density at radius 3 is 2.75 bits per heavy atom. The van der Waals surface area contributed by atoms with Gasteiger partial charge in [0.1, 0.15) is 0 Å². The fraction of sp³-hybridized carbons (Fsp3) is 0.900. The molecule has 1 saturated heterocycles. The quantitative estimate of drug-likeness (QED) is 0.638. The molecule has 0 bridgehead atoms. The van der Waals surface area contributed by atoms with E-state index in [0.29, 0.717) is 12.3 Å². The molecule has 1 heterocycles. The van der Waals surface area contributed by atoms with Crippen molar-refractivity contribution < 1.29 is 4.79 Å². The number of carbonyl (C=O) groups excluding carboxylic acids is 1. The van der Waals surface area contributed by atoms with Gasteiger partial charge in [0.05, 0.1) is 0 Å². The normalized spacial score (nSPS) is 31.5. The molecule has 0 radical (unpaired) electrons. The number of hydrogen-bond acceptors (Lipinski definition) is 1. The molecule has 0 aromatic carbocycles. The number of amides is 1. The Balaban J connectivity index is 2.67. The number of hydrogen-bond donors (Lipinski definition) is 1. The van der Waals surface area contributed by atoms with E-state index < -0.39 is 0 Å². The Morgan fingerprint density at radius 2 is 2.17 bits per heavy atom. The van der Waals surface area contributed by atoms with Crippen LogP contribution < -0.4 is 5.32 Å². The zero-order chi connectivity index (χ0) is 9.19. The van der Waals surface area contributed by atoms with Crippen molar-refractivity contribution in [3.05, 3.63) is 0 Å². The molecule has 1 N–H and O–H groups in total. The smallest absolute Gasteiger partial charge is 0.220 e. The molecule has 0 aliphatic carbocycles. The molecule has 1 aliphatic heterocycles. The van der Waals surface area contributed by atoms with E-state index in [2.05, 4.69) is 26.1 Å². The molecule has 0 aromatic heterocycles. The highest BCUT2D eigenvalue weighted by Crippen LogP contribution is 2.36. The largest absolute Gasteiger partial charge is 0.356 e. The van der Waals surface area contributed by atoms with Gasteiger partial charge in [-0.15, -0.1) is 0 Å². The summed E-state index contributed by atoms with van der Waals surface area (Å²) in [5.41, 5.74) is 0.223. The lowest BCUT2D eigenvalue weighted by atomic mass is 9.73. The van der Waals surface area contributed by atoms with Crippen molar-refractivity contribution >= 4 is 5.91 Å². The van der Waals surface area contributed by atoms with Crippen molar-refractivity contribution in [2.24, 2.45) is 11.3 Å². The summed E-state index contributed by atoms with van der Waals surface area (Å²) in [5, 5.41) is 2.92. The van der Waals surface area contributed by atoms with Crippen molar-refractivity contribution in [3.63, 3.8) is 0 Å². The van der Waals surface area contributed by atoms with Gasteiger partial charge in [0.25, 0.3) is 0 Å². The van der Waals surface area contributed by atoms with Crippen LogP contribution >= 0.6 is 0 Å². The van der Waals surface area contributed by atoms with Gasteiger partial charge in [-0.1, -0.05) is 20.8 Å². The molecule has 0 aromatic rings. The van der Waals surface area contributed by atoms with E-state index in [1.165, 1.54) is 6.42 Å².